The van der Waals surface area contributed by atoms with E-state index < -0.39 is 6.10 Å². The van der Waals surface area contributed by atoms with Gasteiger partial charge in [0, 0.05) is 5.75 Å². The molecule has 1 heterocycles. The van der Waals surface area contributed by atoms with E-state index in [2.05, 4.69) is 10.3 Å². The Morgan fingerprint density at radius 1 is 1.56 bits per heavy atom. The monoisotopic (exact) mass is 264 g/mol. The number of amidine groups is 1. The lowest BCUT2D eigenvalue weighted by Gasteiger charge is -2.14. The number of ether oxygens (including phenoxy) is 1. The Labute approximate surface area is 111 Å². The fourth-order valence-corrected chi connectivity index (χ4v) is 2.30. The number of nitrogens with zero attached hydrogens (tertiary/aromatic N) is 1. The average Bonchev–Trinajstić information content (AvgIpc) is 2.81. The summed E-state index contributed by atoms with van der Waals surface area (Å²) in [5, 5.41) is 3.46. The van der Waals surface area contributed by atoms with Crippen molar-refractivity contribution < 1.29 is 9.53 Å². The van der Waals surface area contributed by atoms with Crippen molar-refractivity contribution in [3.8, 4) is 5.75 Å². The summed E-state index contributed by atoms with van der Waals surface area (Å²) in [6.45, 7) is 4.49. The van der Waals surface area contributed by atoms with Gasteiger partial charge in [-0.2, -0.15) is 0 Å². The first kappa shape index (κ1) is 13.0. The number of carbonyl (C=O) groups excluding carboxylic acids is 1. The minimum Gasteiger partial charge on any atom is -0.481 e. The number of nitrogens with one attached hydrogen (secondary N) is 1. The van der Waals surface area contributed by atoms with Crippen LogP contribution in [0.3, 0.4) is 0 Å². The summed E-state index contributed by atoms with van der Waals surface area (Å²) in [5.74, 6) is 1.48. The number of amides is 1. The van der Waals surface area contributed by atoms with Crippen LogP contribution in [0.5, 0.6) is 5.75 Å². The summed E-state index contributed by atoms with van der Waals surface area (Å²) in [4.78, 5) is 16.0. The van der Waals surface area contributed by atoms with Crippen LogP contribution in [0.15, 0.2) is 29.3 Å². The molecule has 1 atom stereocenters. The van der Waals surface area contributed by atoms with Gasteiger partial charge in [0.2, 0.25) is 0 Å². The first-order valence-corrected chi connectivity index (χ1v) is 6.85. The number of carbonyl (C=O) groups is 1. The molecule has 1 aromatic rings. The van der Waals surface area contributed by atoms with Crippen molar-refractivity contribution in [1.82, 2.24) is 5.32 Å². The van der Waals surface area contributed by atoms with E-state index >= 15 is 0 Å². The zero-order valence-electron chi connectivity index (χ0n) is 10.5. The maximum absolute atomic E-state index is 11.9. The Hall–Kier alpha value is -1.49. The van der Waals surface area contributed by atoms with Crippen LogP contribution >= 0.6 is 11.8 Å². The van der Waals surface area contributed by atoms with Gasteiger partial charge in [-0.15, -0.1) is 0 Å². The summed E-state index contributed by atoms with van der Waals surface area (Å²) >= 11 is 1.56. The predicted octanol–water partition coefficient (Wildman–Crippen LogP) is 1.98. The predicted molar refractivity (Wildman–Crippen MR) is 74.2 cm³/mol. The molecule has 0 fully saturated rings. The molecule has 5 heteroatoms. The molecular formula is C13H16N2O2S. The van der Waals surface area contributed by atoms with Crippen LogP contribution in [0, 0.1) is 6.92 Å². The van der Waals surface area contributed by atoms with Gasteiger partial charge in [-0.3, -0.25) is 9.79 Å². The number of thioether (sulfide) groups is 1. The van der Waals surface area contributed by atoms with Crippen LogP contribution in [0.1, 0.15) is 12.5 Å². The van der Waals surface area contributed by atoms with E-state index in [4.69, 9.17) is 4.74 Å². The molecule has 1 aliphatic rings. The highest BCUT2D eigenvalue weighted by molar-refractivity contribution is 8.14. The molecule has 0 bridgehead atoms. The molecule has 1 aliphatic heterocycles. The van der Waals surface area contributed by atoms with Crippen LogP contribution < -0.4 is 10.1 Å². The van der Waals surface area contributed by atoms with Gasteiger partial charge in [0.15, 0.2) is 11.3 Å². The molecule has 96 valence electrons. The van der Waals surface area contributed by atoms with Crippen molar-refractivity contribution in [1.29, 1.82) is 0 Å². The molecule has 18 heavy (non-hydrogen) atoms. The van der Waals surface area contributed by atoms with E-state index in [1.165, 1.54) is 0 Å². The Kier molecular flexibility index (Phi) is 4.25. The van der Waals surface area contributed by atoms with E-state index in [1.807, 2.05) is 31.2 Å². The quantitative estimate of drug-likeness (QED) is 0.908. The fourth-order valence-electron chi connectivity index (χ4n) is 1.56. The Morgan fingerprint density at radius 2 is 2.39 bits per heavy atom. The van der Waals surface area contributed by atoms with Crippen LogP contribution in [0.25, 0.3) is 0 Å². The number of hydrogen-bond acceptors (Lipinski definition) is 4. The third-order valence-electron chi connectivity index (χ3n) is 2.49. The van der Waals surface area contributed by atoms with E-state index in [0.29, 0.717) is 10.9 Å². The molecule has 0 saturated heterocycles. The molecule has 0 spiro atoms. The lowest BCUT2D eigenvalue weighted by molar-refractivity contribution is -0.125. The number of hydrogen-bond donors (Lipinski definition) is 1. The minimum atomic E-state index is -0.532. The summed E-state index contributed by atoms with van der Waals surface area (Å²) in [5.41, 5.74) is 1.11. The Balaban J connectivity index is 1.90. The van der Waals surface area contributed by atoms with Crippen LogP contribution in [0.4, 0.5) is 0 Å². The van der Waals surface area contributed by atoms with Crippen LogP contribution in [-0.2, 0) is 4.79 Å². The fraction of sp³-hybridized carbons (Fsp3) is 0.385. The average molecular weight is 264 g/mol. The molecule has 4 nitrogen and oxygen atoms in total. The first-order valence-electron chi connectivity index (χ1n) is 5.86. The van der Waals surface area contributed by atoms with Crippen molar-refractivity contribution in [2.45, 2.75) is 20.0 Å². The van der Waals surface area contributed by atoms with Crippen molar-refractivity contribution >= 4 is 22.8 Å². The zero-order chi connectivity index (χ0) is 13.0. The largest absolute Gasteiger partial charge is 0.481 e. The van der Waals surface area contributed by atoms with Gasteiger partial charge < -0.3 is 10.1 Å². The van der Waals surface area contributed by atoms with Gasteiger partial charge in [0.05, 0.1) is 6.54 Å². The standard InChI is InChI=1S/C13H16N2O2S/c1-9-4-3-5-11(8-9)17-10(2)12(16)15-13-14-6-7-18-13/h3-5,8,10H,6-7H2,1-2H3,(H,14,15,16)/t10-/m0/s1. The van der Waals surface area contributed by atoms with Crippen molar-refractivity contribution in [3.63, 3.8) is 0 Å². The van der Waals surface area contributed by atoms with Crippen LogP contribution in [-0.4, -0.2) is 29.5 Å². The maximum Gasteiger partial charge on any atom is 0.266 e. The summed E-state index contributed by atoms with van der Waals surface area (Å²) < 4.78 is 5.59. The molecular weight excluding hydrogens is 248 g/mol. The van der Waals surface area contributed by atoms with Gasteiger partial charge in [0.1, 0.15) is 5.75 Å². The van der Waals surface area contributed by atoms with Crippen LogP contribution in [0.2, 0.25) is 0 Å². The molecule has 0 aliphatic carbocycles. The second-order valence-electron chi connectivity index (χ2n) is 4.10. The van der Waals surface area contributed by atoms with Gasteiger partial charge in [-0.05, 0) is 31.5 Å². The number of aryl methyl sites for hydroxylation is 1. The molecule has 0 saturated carbocycles. The molecule has 1 N–H and O–H groups in total. The maximum atomic E-state index is 11.9. The second-order valence-corrected chi connectivity index (χ2v) is 5.18. The highest BCUT2D eigenvalue weighted by Gasteiger charge is 2.18. The van der Waals surface area contributed by atoms with Gasteiger partial charge >= 0.3 is 0 Å². The molecule has 1 amide bonds. The van der Waals surface area contributed by atoms with Crippen molar-refractivity contribution in [2.24, 2.45) is 4.99 Å². The zero-order valence-corrected chi connectivity index (χ0v) is 11.3. The van der Waals surface area contributed by atoms with Gasteiger partial charge in [0.25, 0.3) is 5.91 Å². The Bertz CT molecular complexity index is 474. The summed E-state index contributed by atoms with van der Waals surface area (Å²) in [6, 6.07) is 7.65. The van der Waals surface area contributed by atoms with Gasteiger partial charge in [-0.1, -0.05) is 23.9 Å². The molecule has 0 aromatic heterocycles. The third-order valence-corrected chi connectivity index (χ3v) is 3.38. The van der Waals surface area contributed by atoms with Crippen molar-refractivity contribution in [2.75, 3.05) is 12.3 Å². The number of aliphatic imine (C=N–C) groups is 1. The SMILES string of the molecule is Cc1cccc(O[C@@H](C)C(=O)NC2=NCCS2)c1. The van der Waals surface area contributed by atoms with E-state index in [1.54, 1.807) is 18.7 Å². The van der Waals surface area contributed by atoms with Gasteiger partial charge in [-0.25, -0.2) is 0 Å². The van der Waals surface area contributed by atoms with E-state index in [0.717, 1.165) is 17.9 Å². The highest BCUT2D eigenvalue weighted by atomic mass is 32.2. The second kappa shape index (κ2) is 5.91. The number of rotatable bonds is 3. The minimum absolute atomic E-state index is 0.162. The van der Waals surface area contributed by atoms with E-state index in [-0.39, 0.29) is 5.91 Å². The molecule has 0 unspecified atom stereocenters. The topological polar surface area (TPSA) is 50.7 Å². The summed E-state index contributed by atoms with van der Waals surface area (Å²) in [6.07, 6.45) is -0.532. The lowest BCUT2D eigenvalue weighted by Crippen LogP contribution is -2.38. The van der Waals surface area contributed by atoms with Crippen molar-refractivity contribution in [3.05, 3.63) is 29.8 Å². The third kappa shape index (κ3) is 3.50. The number of benzene rings is 1. The molecule has 1 aromatic carbocycles. The lowest BCUT2D eigenvalue weighted by atomic mass is 10.2. The normalized spacial score (nSPS) is 16.0. The molecule has 2 rings (SSSR count). The summed E-state index contributed by atoms with van der Waals surface area (Å²) in [7, 11) is 0. The molecule has 0 radical (unpaired) electrons. The highest BCUT2D eigenvalue weighted by Crippen LogP contribution is 2.15. The first-order chi connectivity index (χ1) is 8.65. The Morgan fingerprint density at radius 3 is 3.06 bits per heavy atom. The van der Waals surface area contributed by atoms with E-state index in [9.17, 15) is 4.79 Å². The smallest absolute Gasteiger partial charge is 0.266 e.